The van der Waals surface area contributed by atoms with Gasteiger partial charge in [-0.25, -0.2) is 12.8 Å². The van der Waals surface area contributed by atoms with E-state index in [1.165, 1.54) is 4.90 Å². The van der Waals surface area contributed by atoms with E-state index >= 15 is 0 Å². The number of amides is 3. The molecule has 1 fully saturated rings. The molecule has 4 N–H and O–H groups in total. The van der Waals surface area contributed by atoms with Crippen molar-refractivity contribution in [3.05, 3.63) is 59.4 Å². The van der Waals surface area contributed by atoms with Crippen molar-refractivity contribution in [1.82, 2.24) is 15.5 Å². The van der Waals surface area contributed by atoms with E-state index in [0.717, 1.165) is 23.9 Å². The molecule has 0 aliphatic carbocycles. The number of piperazine rings is 1. The monoisotopic (exact) mass is 584 g/mol. The van der Waals surface area contributed by atoms with Crippen LogP contribution in [-0.2, 0) is 19.4 Å². The van der Waals surface area contributed by atoms with Crippen LogP contribution in [0.15, 0.2) is 53.4 Å². The molecule has 212 valence electrons. The summed E-state index contributed by atoms with van der Waals surface area (Å²) in [5.74, 6) is -2.49. The molecule has 0 bridgehead atoms. The molecule has 1 heterocycles. The molecule has 0 unspecified atom stereocenters. The SMILES string of the molecule is O=C(NCCCCNC(=O)S(=O)(=O)c1ccc(F)c(Cl)c1)[C@H](O)[C@@H](O)C(=O)N1CCN(c2ccccc2)CC1. The number of unbranched alkanes of at least 4 members (excludes halogenated alkanes) is 1. The second-order valence-electron chi connectivity index (χ2n) is 8.83. The van der Waals surface area contributed by atoms with E-state index in [9.17, 15) is 37.4 Å². The summed E-state index contributed by atoms with van der Waals surface area (Å²) in [6, 6.07) is 12.3. The number of aliphatic hydroxyl groups is 2. The zero-order valence-electron chi connectivity index (χ0n) is 20.9. The van der Waals surface area contributed by atoms with Crippen LogP contribution < -0.4 is 15.5 Å². The Morgan fingerprint density at radius 2 is 1.54 bits per heavy atom. The van der Waals surface area contributed by atoms with E-state index in [4.69, 9.17) is 11.6 Å². The fourth-order valence-corrected chi connectivity index (χ4v) is 5.16. The minimum Gasteiger partial charge on any atom is -0.380 e. The smallest absolute Gasteiger partial charge is 0.341 e. The van der Waals surface area contributed by atoms with Crippen LogP contribution in [-0.4, -0.2) is 92.1 Å². The van der Waals surface area contributed by atoms with Crippen LogP contribution in [0.25, 0.3) is 0 Å². The second-order valence-corrected chi connectivity index (χ2v) is 11.1. The number of hydrogen-bond acceptors (Lipinski definition) is 8. The largest absolute Gasteiger partial charge is 0.380 e. The van der Waals surface area contributed by atoms with Gasteiger partial charge in [-0.05, 0) is 43.2 Å². The predicted molar refractivity (Wildman–Crippen MR) is 141 cm³/mol. The Morgan fingerprint density at radius 1 is 0.923 bits per heavy atom. The van der Waals surface area contributed by atoms with Crippen molar-refractivity contribution in [1.29, 1.82) is 0 Å². The molecule has 3 rings (SSSR count). The fourth-order valence-electron chi connectivity index (χ4n) is 3.89. The Bertz CT molecular complexity index is 1270. The van der Waals surface area contributed by atoms with E-state index in [-0.39, 0.29) is 19.5 Å². The molecule has 14 heteroatoms. The third-order valence-corrected chi connectivity index (χ3v) is 7.95. The maximum atomic E-state index is 13.2. The van der Waals surface area contributed by atoms with Crippen LogP contribution in [0.5, 0.6) is 0 Å². The van der Waals surface area contributed by atoms with Gasteiger partial charge >= 0.3 is 5.24 Å². The van der Waals surface area contributed by atoms with Crippen LogP contribution in [0.4, 0.5) is 14.9 Å². The van der Waals surface area contributed by atoms with Gasteiger partial charge in [0.1, 0.15) is 5.82 Å². The standard InChI is InChI=1S/C25H30ClFN4O7S/c26-19-16-18(8-9-20(19)27)39(37,38)25(36)29-11-5-4-10-28-23(34)21(32)22(33)24(35)31-14-12-30(13-15-31)17-6-2-1-3-7-17/h1-3,6-9,16,21-22,32-33H,4-5,10-15H2,(H,28,34)(H,29,36)/t21-,22-/m1/s1. The van der Waals surface area contributed by atoms with Crippen LogP contribution in [0.2, 0.25) is 5.02 Å². The van der Waals surface area contributed by atoms with Crippen molar-refractivity contribution < 1.29 is 37.4 Å². The molecule has 11 nitrogen and oxygen atoms in total. The molecule has 3 amide bonds. The number of carbonyl (C=O) groups is 3. The number of rotatable bonds is 10. The first-order valence-electron chi connectivity index (χ1n) is 12.2. The van der Waals surface area contributed by atoms with Gasteiger partial charge in [0.2, 0.25) is 0 Å². The Labute approximate surface area is 230 Å². The molecular weight excluding hydrogens is 555 g/mol. The molecule has 0 saturated carbocycles. The first kappa shape index (κ1) is 30.3. The molecule has 2 atom stereocenters. The summed E-state index contributed by atoms with van der Waals surface area (Å²) in [5, 5.41) is 23.3. The van der Waals surface area contributed by atoms with E-state index in [1.807, 2.05) is 30.3 Å². The Kier molecular flexibility index (Phi) is 10.6. The summed E-state index contributed by atoms with van der Waals surface area (Å²) in [5.41, 5.74) is 1.02. The van der Waals surface area contributed by atoms with Gasteiger partial charge in [-0.3, -0.25) is 14.4 Å². The summed E-state index contributed by atoms with van der Waals surface area (Å²) in [7, 11) is -4.41. The van der Waals surface area contributed by atoms with Crippen LogP contribution >= 0.6 is 11.6 Å². The Hall–Kier alpha value is -3.26. The Balaban J connectivity index is 1.35. The Morgan fingerprint density at radius 3 is 2.15 bits per heavy atom. The highest BCUT2D eigenvalue weighted by Gasteiger charge is 2.34. The summed E-state index contributed by atoms with van der Waals surface area (Å²) >= 11 is 5.57. The highest BCUT2D eigenvalue weighted by Crippen LogP contribution is 2.21. The first-order chi connectivity index (χ1) is 18.5. The minimum absolute atomic E-state index is 0.0402. The number of anilines is 1. The highest BCUT2D eigenvalue weighted by atomic mass is 35.5. The molecule has 0 radical (unpaired) electrons. The lowest BCUT2D eigenvalue weighted by atomic mass is 10.1. The molecule has 1 saturated heterocycles. The highest BCUT2D eigenvalue weighted by molar-refractivity contribution is 8.06. The van der Waals surface area contributed by atoms with Crippen LogP contribution in [0.1, 0.15) is 12.8 Å². The predicted octanol–water partition coefficient (Wildman–Crippen LogP) is 0.929. The van der Waals surface area contributed by atoms with Gasteiger partial charge in [0, 0.05) is 45.0 Å². The summed E-state index contributed by atoms with van der Waals surface area (Å²) in [6.45, 7) is 1.74. The lowest BCUT2D eigenvalue weighted by Gasteiger charge is -2.37. The van der Waals surface area contributed by atoms with Gasteiger partial charge < -0.3 is 30.6 Å². The first-order valence-corrected chi connectivity index (χ1v) is 14.1. The second kappa shape index (κ2) is 13.7. The fraction of sp³-hybridized carbons (Fsp3) is 0.400. The third kappa shape index (κ3) is 7.88. The molecule has 1 aliphatic heterocycles. The van der Waals surface area contributed by atoms with Gasteiger partial charge in [-0.15, -0.1) is 0 Å². The molecule has 0 aromatic heterocycles. The van der Waals surface area contributed by atoms with Crippen molar-refractivity contribution in [3.63, 3.8) is 0 Å². The lowest BCUT2D eigenvalue weighted by molar-refractivity contribution is -0.153. The minimum atomic E-state index is -4.41. The van der Waals surface area contributed by atoms with Crippen LogP contribution in [0, 0.1) is 5.82 Å². The zero-order chi connectivity index (χ0) is 28.6. The van der Waals surface area contributed by atoms with E-state index in [2.05, 4.69) is 15.5 Å². The normalized spacial score (nSPS) is 15.4. The summed E-state index contributed by atoms with van der Waals surface area (Å²) in [6.07, 6.45) is -3.31. The number of sulfone groups is 1. The third-order valence-electron chi connectivity index (χ3n) is 6.15. The van der Waals surface area contributed by atoms with Crippen molar-refractivity contribution in [2.45, 2.75) is 29.9 Å². The quantitative estimate of drug-likeness (QED) is 0.237. The number of nitrogens with zero attached hydrogens (tertiary/aromatic N) is 2. The summed E-state index contributed by atoms with van der Waals surface area (Å²) in [4.78, 5) is 39.9. The number of carbonyl (C=O) groups excluding carboxylic acids is 3. The maximum Gasteiger partial charge on any atom is 0.341 e. The number of aliphatic hydroxyl groups excluding tert-OH is 2. The van der Waals surface area contributed by atoms with Crippen molar-refractivity contribution in [2.24, 2.45) is 0 Å². The van der Waals surface area contributed by atoms with Crippen LogP contribution in [0.3, 0.4) is 0 Å². The van der Waals surface area contributed by atoms with E-state index in [1.54, 1.807) is 0 Å². The van der Waals surface area contributed by atoms with Crippen molar-refractivity contribution >= 4 is 44.2 Å². The molecule has 1 aliphatic rings. The van der Waals surface area contributed by atoms with Gasteiger partial charge in [-0.1, -0.05) is 29.8 Å². The number of nitrogens with one attached hydrogen (secondary N) is 2. The summed E-state index contributed by atoms with van der Waals surface area (Å²) < 4.78 is 37.8. The van der Waals surface area contributed by atoms with Gasteiger partial charge in [-0.2, -0.15) is 0 Å². The van der Waals surface area contributed by atoms with E-state index in [0.29, 0.717) is 32.6 Å². The van der Waals surface area contributed by atoms with E-state index < -0.39 is 54.8 Å². The average Bonchev–Trinajstić information content (AvgIpc) is 2.95. The van der Waals surface area contributed by atoms with Gasteiger partial charge in [0.15, 0.2) is 12.2 Å². The molecule has 2 aromatic rings. The van der Waals surface area contributed by atoms with Crippen molar-refractivity contribution in [2.75, 3.05) is 44.2 Å². The lowest BCUT2D eigenvalue weighted by Crippen LogP contribution is -2.55. The topological polar surface area (TPSA) is 156 Å². The van der Waals surface area contributed by atoms with Crippen molar-refractivity contribution in [3.8, 4) is 0 Å². The van der Waals surface area contributed by atoms with Gasteiger partial charge in [0.25, 0.3) is 21.7 Å². The number of halogens is 2. The average molecular weight is 585 g/mol. The van der Waals surface area contributed by atoms with Gasteiger partial charge in [0.05, 0.1) is 9.92 Å². The molecule has 0 spiro atoms. The molecule has 2 aromatic carbocycles. The number of hydrogen-bond donors (Lipinski definition) is 4. The molecule has 39 heavy (non-hydrogen) atoms. The number of para-hydroxylation sites is 1. The zero-order valence-corrected chi connectivity index (χ0v) is 22.5. The maximum absolute atomic E-state index is 13.2. The molecular formula is C25H30ClFN4O7S. The number of benzene rings is 2.